The minimum Gasteiger partial charge on any atom is -0.381 e. The Morgan fingerprint density at radius 2 is 1.83 bits per heavy atom. The van der Waals surface area contributed by atoms with Gasteiger partial charge in [-0.1, -0.05) is 30.3 Å². The molecule has 1 aromatic carbocycles. The molecular weight excluding hydrogens is 250 g/mol. The quantitative estimate of drug-likeness (QED) is 0.916. The second-order valence-electron chi connectivity index (χ2n) is 4.64. The van der Waals surface area contributed by atoms with Crippen LogP contribution in [0.15, 0.2) is 30.3 Å². The predicted molar refractivity (Wildman–Crippen MR) is 75.0 cm³/mol. The van der Waals surface area contributed by atoms with Crippen LogP contribution in [0.1, 0.15) is 31.4 Å². The zero-order chi connectivity index (χ0) is 12.1. The summed E-state index contributed by atoms with van der Waals surface area (Å²) < 4.78 is 11.5. The molecule has 18 heavy (non-hydrogen) atoms. The molecule has 1 aliphatic heterocycles. The molecule has 1 fully saturated rings. The first-order valence-electron chi connectivity index (χ1n) is 6.31. The molecule has 0 aliphatic carbocycles. The van der Waals surface area contributed by atoms with Crippen LogP contribution in [-0.4, -0.2) is 25.4 Å². The van der Waals surface area contributed by atoms with Gasteiger partial charge in [-0.2, -0.15) is 0 Å². The molecule has 2 atom stereocenters. The highest BCUT2D eigenvalue weighted by Crippen LogP contribution is 2.25. The van der Waals surface area contributed by atoms with E-state index in [4.69, 9.17) is 15.2 Å². The molecule has 1 aromatic rings. The van der Waals surface area contributed by atoms with Crippen molar-refractivity contribution in [3.05, 3.63) is 35.9 Å². The Balaban J connectivity index is 0.00000162. The van der Waals surface area contributed by atoms with Crippen LogP contribution in [0.3, 0.4) is 0 Å². The molecule has 3 nitrogen and oxygen atoms in total. The van der Waals surface area contributed by atoms with Crippen LogP contribution in [-0.2, 0) is 9.47 Å². The molecule has 0 radical (unpaired) electrons. The Morgan fingerprint density at radius 3 is 2.39 bits per heavy atom. The Labute approximate surface area is 115 Å². The molecular formula is C14H22ClNO2. The van der Waals surface area contributed by atoms with Crippen molar-refractivity contribution in [3.8, 4) is 0 Å². The SMILES string of the molecule is CC(N)C(OC1CCOCC1)c1ccccc1.Cl. The summed E-state index contributed by atoms with van der Waals surface area (Å²) in [7, 11) is 0. The number of hydrogen-bond acceptors (Lipinski definition) is 3. The molecule has 0 spiro atoms. The minimum absolute atomic E-state index is 0. The standard InChI is InChI=1S/C14H21NO2.ClH/c1-11(15)14(12-5-3-2-4-6-12)17-13-7-9-16-10-8-13;/h2-6,11,13-14H,7-10,15H2,1H3;1H. The lowest BCUT2D eigenvalue weighted by Crippen LogP contribution is -2.33. The number of benzene rings is 1. The Morgan fingerprint density at radius 1 is 1.22 bits per heavy atom. The first kappa shape index (κ1) is 15.4. The van der Waals surface area contributed by atoms with E-state index in [-0.39, 0.29) is 30.7 Å². The van der Waals surface area contributed by atoms with Crippen LogP contribution in [0.2, 0.25) is 0 Å². The van der Waals surface area contributed by atoms with Crippen molar-refractivity contribution in [2.75, 3.05) is 13.2 Å². The summed E-state index contributed by atoms with van der Waals surface area (Å²) in [6.45, 7) is 3.59. The van der Waals surface area contributed by atoms with E-state index < -0.39 is 0 Å². The normalized spacial score (nSPS) is 19.9. The van der Waals surface area contributed by atoms with Gasteiger partial charge in [0.05, 0.1) is 12.2 Å². The third-order valence-corrected chi connectivity index (χ3v) is 3.11. The first-order chi connectivity index (χ1) is 8.27. The Kier molecular flexibility index (Phi) is 6.65. The third kappa shape index (κ3) is 4.25. The van der Waals surface area contributed by atoms with Crippen molar-refractivity contribution in [2.45, 2.75) is 38.0 Å². The van der Waals surface area contributed by atoms with E-state index in [1.807, 2.05) is 25.1 Å². The van der Waals surface area contributed by atoms with Gasteiger partial charge in [-0.15, -0.1) is 12.4 Å². The highest BCUT2D eigenvalue weighted by atomic mass is 35.5. The number of hydrogen-bond donors (Lipinski definition) is 1. The molecule has 0 aromatic heterocycles. The lowest BCUT2D eigenvalue weighted by atomic mass is 10.0. The largest absolute Gasteiger partial charge is 0.381 e. The Bertz CT molecular complexity index is 326. The van der Waals surface area contributed by atoms with Gasteiger partial charge in [0.25, 0.3) is 0 Å². The third-order valence-electron chi connectivity index (χ3n) is 3.11. The second kappa shape index (κ2) is 7.74. The zero-order valence-electron chi connectivity index (χ0n) is 10.7. The highest BCUT2D eigenvalue weighted by Gasteiger charge is 2.23. The van der Waals surface area contributed by atoms with Crippen LogP contribution in [0, 0.1) is 0 Å². The van der Waals surface area contributed by atoms with Crippen molar-refractivity contribution >= 4 is 12.4 Å². The summed E-state index contributed by atoms with van der Waals surface area (Å²) in [6.07, 6.45) is 2.20. The smallest absolute Gasteiger partial charge is 0.0976 e. The predicted octanol–water partition coefficient (Wildman–Crippen LogP) is 2.69. The number of nitrogens with two attached hydrogens (primary N) is 1. The zero-order valence-corrected chi connectivity index (χ0v) is 11.6. The van der Waals surface area contributed by atoms with Gasteiger partial charge in [-0.25, -0.2) is 0 Å². The molecule has 2 rings (SSSR count). The summed E-state index contributed by atoms with van der Waals surface area (Å²) in [5.74, 6) is 0. The van der Waals surface area contributed by atoms with Crippen molar-refractivity contribution in [3.63, 3.8) is 0 Å². The van der Waals surface area contributed by atoms with Crippen LogP contribution in [0.5, 0.6) is 0 Å². The number of halogens is 1. The van der Waals surface area contributed by atoms with E-state index in [9.17, 15) is 0 Å². The monoisotopic (exact) mass is 271 g/mol. The molecule has 1 saturated heterocycles. The molecule has 2 N–H and O–H groups in total. The average Bonchev–Trinajstić information content (AvgIpc) is 2.38. The fraction of sp³-hybridized carbons (Fsp3) is 0.571. The van der Waals surface area contributed by atoms with Crippen molar-refractivity contribution in [1.29, 1.82) is 0 Å². The van der Waals surface area contributed by atoms with E-state index in [2.05, 4.69) is 12.1 Å². The van der Waals surface area contributed by atoms with Crippen LogP contribution < -0.4 is 5.73 Å². The molecule has 2 unspecified atom stereocenters. The molecule has 4 heteroatoms. The van der Waals surface area contributed by atoms with Gasteiger partial charge in [-0.05, 0) is 25.3 Å². The van der Waals surface area contributed by atoms with Gasteiger partial charge in [0.2, 0.25) is 0 Å². The summed E-state index contributed by atoms with van der Waals surface area (Å²) >= 11 is 0. The number of ether oxygens (including phenoxy) is 2. The van der Waals surface area contributed by atoms with Crippen molar-refractivity contribution < 1.29 is 9.47 Å². The topological polar surface area (TPSA) is 44.5 Å². The first-order valence-corrected chi connectivity index (χ1v) is 6.31. The van der Waals surface area contributed by atoms with Crippen LogP contribution in [0.4, 0.5) is 0 Å². The summed E-state index contributed by atoms with van der Waals surface area (Å²) in [4.78, 5) is 0. The molecule has 102 valence electrons. The van der Waals surface area contributed by atoms with Gasteiger partial charge < -0.3 is 15.2 Å². The summed E-state index contributed by atoms with van der Waals surface area (Å²) in [6, 6.07) is 10.2. The maximum absolute atomic E-state index is 6.13. The second-order valence-corrected chi connectivity index (χ2v) is 4.64. The van der Waals surface area contributed by atoms with Crippen LogP contribution in [0.25, 0.3) is 0 Å². The van der Waals surface area contributed by atoms with Gasteiger partial charge >= 0.3 is 0 Å². The lowest BCUT2D eigenvalue weighted by molar-refractivity contribution is -0.0758. The fourth-order valence-corrected chi connectivity index (χ4v) is 2.17. The number of rotatable bonds is 4. The summed E-state index contributed by atoms with van der Waals surface area (Å²) in [5, 5.41) is 0. The van der Waals surface area contributed by atoms with E-state index in [1.165, 1.54) is 0 Å². The van der Waals surface area contributed by atoms with E-state index in [1.54, 1.807) is 0 Å². The Hall–Kier alpha value is -0.610. The maximum Gasteiger partial charge on any atom is 0.0976 e. The molecule has 0 amide bonds. The molecule has 1 heterocycles. The van der Waals surface area contributed by atoms with E-state index in [0.29, 0.717) is 0 Å². The van der Waals surface area contributed by atoms with E-state index >= 15 is 0 Å². The van der Waals surface area contributed by atoms with Gasteiger partial charge in [0.15, 0.2) is 0 Å². The fourth-order valence-electron chi connectivity index (χ4n) is 2.17. The van der Waals surface area contributed by atoms with Gasteiger partial charge in [0, 0.05) is 19.3 Å². The minimum atomic E-state index is -0.0145. The average molecular weight is 272 g/mol. The van der Waals surface area contributed by atoms with Crippen LogP contribution >= 0.6 is 12.4 Å². The van der Waals surface area contributed by atoms with E-state index in [0.717, 1.165) is 31.6 Å². The van der Waals surface area contributed by atoms with Gasteiger partial charge in [0.1, 0.15) is 0 Å². The lowest BCUT2D eigenvalue weighted by Gasteiger charge is -2.30. The van der Waals surface area contributed by atoms with Crippen molar-refractivity contribution in [1.82, 2.24) is 0 Å². The highest BCUT2D eigenvalue weighted by molar-refractivity contribution is 5.85. The molecule has 1 aliphatic rings. The molecule has 0 bridgehead atoms. The maximum atomic E-state index is 6.13. The summed E-state index contributed by atoms with van der Waals surface area (Å²) in [5.41, 5.74) is 7.19. The van der Waals surface area contributed by atoms with Crippen molar-refractivity contribution in [2.24, 2.45) is 5.73 Å². The molecule has 0 saturated carbocycles. The van der Waals surface area contributed by atoms with Gasteiger partial charge in [-0.3, -0.25) is 0 Å².